The zero-order valence-electron chi connectivity index (χ0n) is 14.0. The van der Waals surface area contributed by atoms with Crippen LogP contribution in [-0.2, 0) is 9.59 Å². The monoisotopic (exact) mass is 371 g/mol. The van der Waals surface area contributed by atoms with Gasteiger partial charge in [0.2, 0.25) is 11.8 Å². The lowest BCUT2D eigenvalue weighted by molar-refractivity contribution is -0.274. The third kappa shape index (κ3) is 4.46. The number of nitrogens with one attached hydrogen (secondary N) is 2. The van der Waals surface area contributed by atoms with Crippen molar-refractivity contribution in [3.05, 3.63) is 24.3 Å². The van der Waals surface area contributed by atoms with Crippen molar-refractivity contribution in [3.63, 3.8) is 0 Å². The fraction of sp³-hybridized carbons (Fsp3) is 0.529. The quantitative estimate of drug-likeness (QED) is 0.847. The molecule has 0 saturated carbocycles. The third-order valence-corrected chi connectivity index (χ3v) is 4.59. The molecule has 2 aliphatic rings. The number of anilines is 1. The SMILES string of the molecule is O=C(NC1CCN(c2cccc(OC(F)(F)F)c2)C1=O)C1CCNCC1. The minimum absolute atomic E-state index is 0.110. The Kier molecular flexibility index (Phi) is 5.36. The molecular formula is C17H20F3N3O3. The van der Waals surface area contributed by atoms with Crippen LogP contribution in [0.2, 0.25) is 0 Å². The summed E-state index contributed by atoms with van der Waals surface area (Å²) in [5.74, 6) is -0.955. The van der Waals surface area contributed by atoms with Gasteiger partial charge in [0.25, 0.3) is 0 Å². The zero-order valence-corrected chi connectivity index (χ0v) is 14.0. The Labute approximate surface area is 148 Å². The van der Waals surface area contributed by atoms with Gasteiger partial charge < -0.3 is 20.3 Å². The minimum atomic E-state index is -4.79. The van der Waals surface area contributed by atoms with Gasteiger partial charge in [-0.3, -0.25) is 9.59 Å². The van der Waals surface area contributed by atoms with Gasteiger partial charge in [-0.05, 0) is 44.5 Å². The number of rotatable bonds is 4. The molecule has 1 aromatic rings. The number of alkyl halides is 3. The molecule has 9 heteroatoms. The molecule has 2 N–H and O–H groups in total. The summed E-state index contributed by atoms with van der Waals surface area (Å²) in [5, 5.41) is 5.96. The van der Waals surface area contributed by atoms with Gasteiger partial charge in [-0.25, -0.2) is 0 Å². The first kappa shape index (κ1) is 18.5. The van der Waals surface area contributed by atoms with E-state index < -0.39 is 12.4 Å². The second-order valence-electron chi connectivity index (χ2n) is 6.41. The second-order valence-corrected chi connectivity index (χ2v) is 6.41. The van der Waals surface area contributed by atoms with Gasteiger partial charge in [-0.1, -0.05) is 6.07 Å². The highest BCUT2D eigenvalue weighted by Crippen LogP contribution is 2.29. The van der Waals surface area contributed by atoms with Gasteiger partial charge in [0, 0.05) is 24.2 Å². The number of benzene rings is 1. The highest BCUT2D eigenvalue weighted by Gasteiger charge is 2.36. The number of nitrogens with zero attached hydrogens (tertiary/aromatic N) is 1. The average Bonchev–Trinajstić information content (AvgIpc) is 2.95. The van der Waals surface area contributed by atoms with Crippen LogP contribution in [0.4, 0.5) is 18.9 Å². The number of carbonyl (C=O) groups excluding carboxylic acids is 2. The first-order chi connectivity index (χ1) is 12.3. The molecule has 6 nitrogen and oxygen atoms in total. The summed E-state index contributed by atoms with van der Waals surface area (Å²) in [7, 11) is 0. The summed E-state index contributed by atoms with van der Waals surface area (Å²) in [4.78, 5) is 26.2. The van der Waals surface area contributed by atoms with Crippen molar-refractivity contribution < 1.29 is 27.5 Å². The van der Waals surface area contributed by atoms with Crippen molar-refractivity contribution in [2.24, 2.45) is 5.92 Å². The van der Waals surface area contributed by atoms with Crippen molar-refractivity contribution in [2.75, 3.05) is 24.5 Å². The first-order valence-corrected chi connectivity index (χ1v) is 8.52. The standard InChI is InChI=1S/C17H20F3N3O3/c18-17(19,20)26-13-3-1-2-12(10-13)23-9-6-14(16(23)25)22-15(24)11-4-7-21-8-5-11/h1-3,10-11,14,21H,4-9H2,(H,22,24). The van der Waals surface area contributed by atoms with Crippen molar-refractivity contribution in [1.29, 1.82) is 0 Å². The largest absolute Gasteiger partial charge is 0.573 e. The van der Waals surface area contributed by atoms with E-state index in [2.05, 4.69) is 15.4 Å². The molecule has 0 bridgehead atoms. The maximum absolute atomic E-state index is 12.6. The number of carbonyl (C=O) groups is 2. The van der Waals surface area contributed by atoms with Gasteiger partial charge >= 0.3 is 6.36 Å². The van der Waals surface area contributed by atoms with E-state index in [0.29, 0.717) is 18.7 Å². The van der Waals surface area contributed by atoms with Gasteiger partial charge in [0.15, 0.2) is 0 Å². The number of amides is 2. The molecule has 2 heterocycles. The van der Waals surface area contributed by atoms with E-state index in [1.165, 1.54) is 29.2 Å². The van der Waals surface area contributed by atoms with Crippen LogP contribution in [0.15, 0.2) is 24.3 Å². The number of piperidine rings is 1. The molecule has 0 radical (unpaired) electrons. The molecule has 2 saturated heterocycles. The maximum atomic E-state index is 12.6. The fourth-order valence-corrected chi connectivity index (χ4v) is 3.29. The van der Waals surface area contributed by atoms with Crippen LogP contribution >= 0.6 is 0 Å². The highest BCUT2D eigenvalue weighted by atomic mass is 19.4. The molecule has 0 spiro atoms. The Morgan fingerprint density at radius 1 is 1.23 bits per heavy atom. The van der Waals surface area contributed by atoms with Gasteiger partial charge in [0.05, 0.1) is 0 Å². The van der Waals surface area contributed by atoms with Crippen molar-refractivity contribution in [1.82, 2.24) is 10.6 Å². The minimum Gasteiger partial charge on any atom is -0.406 e. The second kappa shape index (κ2) is 7.53. The summed E-state index contributed by atoms with van der Waals surface area (Å²) >= 11 is 0. The molecule has 1 unspecified atom stereocenters. The molecule has 1 aromatic carbocycles. The van der Waals surface area contributed by atoms with Crippen LogP contribution in [0, 0.1) is 5.92 Å². The van der Waals surface area contributed by atoms with Crippen LogP contribution in [0.3, 0.4) is 0 Å². The lowest BCUT2D eigenvalue weighted by Gasteiger charge is -2.23. The van der Waals surface area contributed by atoms with E-state index in [0.717, 1.165) is 25.9 Å². The summed E-state index contributed by atoms with van der Waals surface area (Å²) in [5.41, 5.74) is 0.315. The lowest BCUT2D eigenvalue weighted by atomic mass is 9.97. The van der Waals surface area contributed by atoms with Crippen LogP contribution in [0.1, 0.15) is 19.3 Å². The third-order valence-electron chi connectivity index (χ3n) is 4.59. The van der Waals surface area contributed by atoms with E-state index in [1.807, 2.05) is 0 Å². The Morgan fingerprint density at radius 2 is 1.96 bits per heavy atom. The Morgan fingerprint density at radius 3 is 2.65 bits per heavy atom. The molecule has 0 aliphatic carbocycles. The fourth-order valence-electron chi connectivity index (χ4n) is 3.29. The van der Waals surface area contributed by atoms with Gasteiger partial charge in [-0.2, -0.15) is 0 Å². The van der Waals surface area contributed by atoms with Crippen LogP contribution in [-0.4, -0.2) is 43.9 Å². The number of ether oxygens (including phenoxy) is 1. The highest BCUT2D eigenvalue weighted by molar-refractivity contribution is 6.01. The predicted octanol–water partition coefficient (Wildman–Crippen LogP) is 1.81. The van der Waals surface area contributed by atoms with Gasteiger partial charge in [-0.15, -0.1) is 13.2 Å². The van der Waals surface area contributed by atoms with Crippen molar-refractivity contribution in [2.45, 2.75) is 31.7 Å². The van der Waals surface area contributed by atoms with Crippen molar-refractivity contribution in [3.8, 4) is 5.75 Å². The number of halogens is 3. The molecule has 142 valence electrons. The molecular weight excluding hydrogens is 351 g/mol. The Hall–Kier alpha value is -2.29. The van der Waals surface area contributed by atoms with E-state index in [-0.39, 0.29) is 23.5 Å². The average molecular weight is 371 g/mol. The molecule has 3 rings (SSSR count). The Balaban J connectivity index is 1.63. The number of hydrogen-bond acceptors (Lipinski definition) is 4. The molecule has 2 aliphatic heterocycles. The van der Waals surface area contributed by atoms with E-state index in [9.17, 15) is 22.8 Å². The summed E-state index contributed by atoms with van der Waals surface area (Å²) in [6.45, 7) is 1.87. The number of hydrogen-bond donors (Lipinski definition) is 2. The zero-order chi connectivity index (χ0) is 18.7. The molecule has 1 atom stereocenters. The van der Waals surface area contributed by atoms with E-state index in [1.54, 1.807) is 0 Å². The smallest absolute Gasteiger partial charge is 0.406 e. The maximum Gasteiger partial charge on any atom is 0.573 e. The van der Waals surface area contributed by atoms with E-state index >= 15 is 0 Å². The lowest BCUT2D eigenvalue weighted by Crippen LogP contribution is -2.46. The predicted molar refractivity (Wildman–Crippen MR) is 87.6 cm³/mol. The van der Waals surface area contributed by atoms with Crippen molar-refractivity contribution >= 4 is 17.5 Å². The molecule has 26 heavy (non-hydrogen) atoms. The van der Waals surface area contributed by atoms with Crippen LogP contribution in [0.5, 0.6) is 5.75 Å². The van der Waals surface area contributed by atoms with Crippen LogP contribution < -0.4 is 20.3 Å². The molecule has 2 amide bonds. The topological polar surface area (TPSA) is 70.7 Å². The molecule has 0 aromatic heterocycles. The van der Waals surface area contributed by atoms with Crippen LogP contribution in [0.25, 0.3) is 0 Å². The summed E-state index contributed by atoms with van der Waals surface area (Å²) < 4.78 is 41.0. The van der Waals surface area contributed by atoms with Gasteiger partial charge in [0.1, 0.15) is 11.8 Å². The summed E-state index contributed by atoms with van der Waals surface area (Å²) in [6.07, 6.45) is -2.92. The Bertz CT molecular complexity index is 675. The molecule has 2 fully saturated rings. The normalized spacial score (nSPS) is 21.7. The first-order valence-electron chi connectivity index (χ1n) is 8.52. The summed E-state index contributed by atoms with van der Waals surface area (Å²) in [6, 6.07) is 4.63. The van der Waals surface area contributed by atoms with E-state index in [4.69, 9.17) is 0 Å².